The zero-order valence-electron chi connectivity index (χ0n) is 13.3. The number of hydrazine groups is 1. The molecule has 25 heavy (non-hydrogen) atoms. The normalized spacial score (nSPS) is 12.6. The summed E-state index contributed by atoms with van der Waals surface area (Å²) in [5.74, 6) is 0.244. The molecule has 1 aliphatic heterocycles. The van der Waals surface area contributed by atoms with Gasteiger partial charge in [-0.2, -0.15) is 0 Å². The second-order valence-electron chi connectivity index (χ2n) is 5.00. The van der Waals surface area contributed by atoms with Crippen LogP contribution in [0.25, 0.3) is 0 Å². The molecule has 1 aromatic carbocycles. The van der Waals surface area contributed by atoms with Crippen molar-refractivity contribution in [3.8, 4) is 11.5 Å². The summed E-state index contributed by atoms with van der Waals surface area (Å²) in [4.78, 5) is 28.1. The standard InChI is InChI=1S/C16H15N3O6/c1-10(11-4-5-12-14(7-11)24-9-23-12)19-25-8-15(20)17-18-16(21)13-3-2-6-22-13/h2-7H,8-9H2,1H3,(H,17,20)(H,18,21)/b19-10-. The maximum absolute atomic E-state index is 11.6. The third-order valence-corrected chi connectivity index (χ3v) is 3.25. The Hall–Kier alpha value is -3.49. The van der Waals surface area contributed by atoms with Gasteiger partial charge in [-0.3, -0.25) is 20.4 Å². The van der Waals surface area contributed by atoms with E-state index >= 15 is 0 Å². The van der Waals surface area contributed by atoms with Crippen molar-refractivity contribution in [3.05, 3.63) is 47.9 Å². The molecule has 0 radical (unpaired) electrons. The maximum atomic E-state index is 11.6. The highest BCUT2D eigenvalue weighted by molar-refractivity contribution is 5.99. The molecule has 130 valence electrons. The number of carbonyl (C=O) groups is 2. The number of amides is 2. The quantitative estimate of drug-likeness (QED) is 0.622. The van der Waals surface area contributed by atoms with Crippen LogP contribution in [-0.4, -0.2) is 30.9 Å². The van der Waals surface area contributed by atoms with Crippen LogP contribution in [0.4, 0.5) is 0 Å². The van der Waals surface area contributed by atoms with Gasteiger partial charge >= 0.3 is 5.91 Å². The number of nitrogens with one attached hydrogen (secondary N) is 2. The van der Waals surface area contributed by atoms with E-state index in [1.165, 1.54) is 12.3 Å². The fourth-order valence-corrected chi connectivity index (χ4v) is 1.99. The molecule has 1 aliphatic rings. The summed E-state index contributed by atoms with van der Waals surface area (Å²) in [6, 6.07) is 8.38. The van der Waals surface area contributed by atoms with Gasteiger partial charge in [0.2, 0.25) is 6.79 Å². The summed E-state index contributed by atoms with van der Waals surface area (Å²) >= 11 is 0. The predicted octanol–water partition coefficient (Wildman–Crippen LogP) is 1.21. The summed E-state index contributed by atoms with van der Waals surface area (Å²) in [6.45, 7) is 1.56. The zero-order chi connectivity index (χ0) is 17.6. The van der Waals surface area contributed by atoms with E-state index in [4.69, 9.17) is 18.7 Å². The van der Waals surface area contributed by atoms with Crippen LogP contribution in [0.2, 0.25) is 0 Å². The number of benzene rings is 1. The number of carbonyl (C=O) groups excluding carboxylic acids is 2. The summed E-state index contributed by atoms with van der Waals surface area (Å²) in [5.41, 5.74) is 5.72. The number of oxime groups is 1. The third kappa shape index (κ3) is 4.08. The molecule has 0 spiro atoms. The van der Waals surface area contributed by atoms with Crippen molar-refractivity contribution < 1.29 is 28.3 Å². The van der Waals surface area contributed by atoms with Gasteiger partial charge in [0, 0.05) is 5.56 Å². The molecule has 0 fully saturated rings. The first-order valence-electron chi connectivity index (χ1n) is 7.33. The molecule has 2 N–H and O–H groups in total. The van der Waals surface area contributed by atoms with Crippen molar-refractivity contribution >= 4 is 17.5 Å². The van der Waals surface area contributed by atoms with Gasteiger partial charge in [-0.15, -0.1) is 0 Å². The molecule has 3 rings (SSSR count). The lowest BCUT2D eigenvalue weighted by Gasteiger charge is -2.06. The van der Waals surface area contributed by atoms with Crippen molar-refractivity contribution in [1.82, 2.24) is 10.9 Å². The number of furan rings is 1. The van der Waals surface area contributed by atoms with E-state index < -0.39 is 11.8 Å². The van der Waals surface area contributed by atoms with Crippen LogP contribution in [0, 0.1) is 0 Å². The first kappa shape index (κ1) is 16.4. The molecule has 0 saturated heterocycles. The van der Waals surface area contributed by atoms with Crippen LogP contribution in [0.15, 0.2) is 46.2 Å². The second-order valence-corrected chi connectivity index (χ2v) is 5.00. The lowest BCUT2D eigenvalue weighted by atomic mass is 10.1. The smallest absolute Gasteiger partial charge is 0.305 e. The van der Waals surface area contributed by atoms with Gasteiger partial charge in [0.1, 0.15) is 0 Å². The Labute approximate surface area is 142 Å². The number of ether oxygens (including phenoxy) is 2. The minimum atomic E-state index is -0.571. The highest BCUT2D eigenvalue weighted by atomic mass is 16.7. The maximum Gasteiger partial charge on any atom is 0.305 e. The Bertz CT molecular complexity index is 800. The molecule has 0 saturated carbocycles. The van der Waals surface area contributed by atoms with Crippen LogP contribution in [0.5, 0.6) is 11.5 Å². The topological polar surface area (TPSA) is 111 Å². The van der Waals surface area contributed by atoms with E-state index in [1.54, 1.807) is 31.2 Å². The Morgan fingerprint density at radius 1 is 1.20 bits per heavy atom. The Morgan fingerprint density at radius 2 is 2.04 bits per heavy atom. The number of hydrogen-bond donors (Lipinski definition) is 2. The van der Waals surface area contributed by atoms with Gasteiger partial charge < -0.3 is 18.7 Å². The first-order valence-corrected chi connectivity index (χ1v) is 7.33. The molecule has 0 aliphatic carbocycles. The largest absolute Gasteiger partial charge is 0.459 e. The number of fused-ring (bicyclic) bond motifs is 1. The van der Waals surface area contributed by atoms with Crippen molar-refractivity contribution in [2.75, 3.05) is 13.4 Å². The van der Waals surface area contributed by atoms with E-state index in [1.807, 2.05) is 0 Å². The molecule has 0 atom stereocenters. The van der Waals surface area contributed by atoms with E-state index in [0.29, 0.717) is 17.2 Å². The summed E-state index contributed by atoms with van der Waals surface area (Å²) in [7, 11) is 0. The van der Waals surface area contributed by atoms with Gasteiger partial charge in [-0.05, 0) is 37.3 Å². The molecule has 2 heterocycles. The molecular weight excluding hydrogens is 330 g/mol. The molecule has 9 heteroatoms. The summed E-state index contributed by atoms with van der Waals surface area (Å²) in [6.07, 6.45) is 1.35. The monoisotopic (exact) mass is 345 g/mol. The molecule has 0 unspecified atom stereocenters. The third-order valence-electron chi connectivity index (χ3n) is 3.25. The lowest BCUT2D eigenvalue weighted by molar-refractivity contribution is -0.126. The average molecular weight is 345 g/mol. The highest BCUT2D eigenvalue weighted by Gasteiger charge is 2.14. The summed E-state index contributed by atoms with van der Waals surface area (Å²) < 4.78 is 15.4. The molecular formula is C16H15N3O6. The average Bonchev–Trinajstić information content (AvgIpc) is 3.30. The lowest BCUT2D eigenvalue weighted by Crippen LogP contribution is -2.43. The van der Waals surface area contributed by atoms with E-state index in [-0.39, 0.29) is 19.2 Å². The van der Waals surface area contributed by atoms with Crippen LogP contribution < -0.4 is 20.3 Å². The van der Waals surface area contributed by atoms with Crippen molar-refractivity contribution in [3.63, 3.8) is 0 Å². The van der Waals surface area contributed by atoms with E-state index in [0.717, 1.165) is 5.56 Å². The predicted molar refractivity (Wildman–Crippen MR) is 85.0 cm³/mol. The molecule has 9 nitrogen and oxygen atoms in total. The molecule has 2 amide bonds. The van der Waals surface area contributed by atoms with Crippen LogP contribution in [0.3, 0.4) is 0 Å². The van der Waals surface area contributed by atoms with Gasteiger partial charge in [-0.25, -0.2) is 0 Å². The van der Waals surface area contributed by atoms with Gasteiger partial charge in [-0.1, -0.05) is 5.16 Å². The van der Waals surface area contributed by atoms with Gasteiger partial charge in [0.25, 0.3) is 5.91 Å². The van der Waals surface area contributed by atoms with Crippen molar-refractivity contribution in [2.45, 2.75) is 6.92 Å². The Balaban J connectivity index is 1.45. The highest BCUT2D eigenvalue weighted by Crippen LogP contribution is 2.32. The fourth-order valence-electron chi connectivity index (χ4n) is 1.99. The fraction of sp³-hybridized carbons (Fsp3) is 0.188. The first-order chi connectivity index (χ1) is 12.1. The van der Waals surface area contributed by atoms with Gasteiger partial charge in [0.05, 0.1) is 12.0 Å². The van der Waals surface area contributed by atoms with Crippen LogP contribution in [-0.2, 0) is 9.63 Å². The van der Waals surface area contributed by atoms with Crippen molar-refractivity contribution in [2.24, 2.45) is 5.16 Å². The summed E-state index contributed by atoms with van der Waals surface area (Å²) in [5, 5.41) is 3.87. The molecule has 0 bridgehead atoms. The van der Waals surface area contributed by atoms with Crippen molar-refractivity contribution in [1.29, 1.82) is 0 Å². The minimum Gasteiger partial charge on any atom is -0.459 e. The Kier molecular flexibility index (Phi) is 4.84. The van der Waals surface area contributed by atoms with E-state index in [9.17, 15) is 9.59 Å². The minimum absolute atomic E-state index is 0.0814. The SMILES string of the molecule is C/C(=N/OCC(=O)NNC(=O)c1ccco1)c1ccc2c(c1)OCO2. The van der Waals surface area contributed by atoms with E-state index in [2.05, 4.69) is 16.0 Å². The van der Waals surface area contributed by atoms with Crippen LogP contribution in [0.1, 0.15) is 23.0 Å². The molecule has 1 aromatic heterocycles. The number of rotatable bonds is 5. The Morgan fingerprint density at radius 3 is 2.84 bits per heavy atom. The van der Waals surface area contributed by atoms with Gasteiger partial charge in [0.15, 0.2) is 23.9 Å². The second kappa shape index (κ2) is 7.39. The number of hydrogen-bond acceptors (Lipinski definition) is 7. The molecule has 2 aromatic rings. The zero-order valence-corrected chi connectivity index (χ0v) is 13.3. The van der Waals surface area contributed by atoms with Crippen LogP contribution >= 0.6 is 0 Å². The number of nitrogens with zero attached hydrogens (tertiary/aromatic N) is 1.